The van der Waals surface area contributed by atoms with E-state index >= 15 is 0 Å². The van der Waals surface area contributed by atoms with Crippen LogP contribution in [0.1, 0.15) is 0 Å². The zero-order chi connectivity index (χ0) is 50.4. The number of aromatic nitrogens is 6. The lowest BCUT2D eigenvalue weighted by Crippen LogP contribution is -1.99. The van der Waals surface area contributed by atoms with E-state index in [0.717, 1.165) is 122 Å². The van der Waals surface area contributed by atoms with Crippen molar-refractivity contribution in [2.45, 2.75) is 0 Å². The van der Waals surface area contributed by atoms with Gasteiger partial charge in [-0.1, -0.05) is 206 Å². The van der Waals surface area contributed by atoms with Crippen LogP contribution < -0.4 is 0 Å². The summed E-state index contributed by atoms with van der Waals surface area (Å²) in [6.07, 6.45) is 0. The summed E-state index contributed by atoms with van der Waals surface area (Å²) in [7, 11) is 0. The van der Waals surface area contributed by atoms with Crippen LogP contribution >= 0.6 is 0 Å². The Hall–Kier alpha value is -10.4. The molecule has 0 aliphatic heterocycles. The first-order valence-corrected chi connectivity index (χ1v) is 25.2. The average molecular weight is 975 g/mol. The van der Waals surface area contributed by atoms with Crippen LogP contribution in [0.15, 0.2) is 264 Å². The summed E-state index contributed by atoms with van der Waals surface area (Å²) < 4.78 is 12.1. The molecule has 8 nitrogen and oxygen atoms in total. The number of hydrogen-bond acceptors (Lipinski definition) is 8. The fourth-order valence-corrected chi connectivity index (χ4v) is 10.2. The molecule has 0 saturated carbocycles. The van der Waals surface area contributed by atoms with E-state index in [-0.39, 0.29) is 0 Å². The summed E-state index contributed by atoms with van der Waals surface area (Å²) in [6.45, 7) is 0. The molecule has 11 aromatic carbocycles. The summed E-state index contributed by atoms with van der Waals surface area (Å²) in [5.74, 6) is 1.92. The van der Waals surface area contributed by atoms with Gasteiger partial charge in [0, 0.05) is 44.5 Å². The Bertz CT molecular complexity index is 4120. The third kappa shape index (κ3) is 8.16. The molecule has 14 rings (SSSR count). The maximum absolute atomic E-state index is 6.07. The van der Waals surface area contributed by atoms with E-state index in [9.17, 15) is 0 Å². The van der Waals surface area contributed by atoms with Crippen LogP contribution in [0.5, 0.6) is 0 Å². The molecule has 0 atom stereocenters. The van der Waals surface area contributed by atoms with Crippen molar-refractivity contribution in [1.82, 2.24) is 30.4 Å². The zero-order valence-corrected chi connectivity index (χ0v) is 40.7. The molecule has 0 bridgehead atoms. The predicted octanol–water partition coefficient (Wildman–Crippen LogP) is 17.4. The highest BCUT2D eigenvalue weighted by atomic mass is 16.4. The van der Waals surface area contributed by atoms with Crippen LogP contribution in [0.25, 0.3) is 145 Å². The minimum absolute atomic E-state index is 0.471. The topological polar surface area (TPSA) is 104 Å². The van der Waals surface area contributed by atoms with Crippen molar-refractivity contribution in [3.05, 3.63) is 255 Å². The van der Waals surface area contributed by atoms with Gasteiger partial charge in [0.25, 0.3) is 0 Å². The Morgan fingerprint density at radius 1 is 0.211 bits per heavy atom. The van der Waals surface area contributed by atoms with Crippen molar-refractivity contribution in [3.63, 3.8) is 0 Å². The van der Waals surface area contributed by atoms with Gasteiger partial charge in [0.15, 0.2) is 0 Å². The fourth-order valence-electron chi connectivity index (χ4n) is 10.2. The second kappa shape index (κ2) is 18.9. The van der Waals surface area contributed by atoms with Gasteiger partial charge in [-0.2, -0.15) is 0 Å². The molecular weight excluding hydrogens is 933 g/mol. The molecule has 356 valence electrons. The highest BCUT2D eigenvalue weighted by Crippen LogP contribution is 2.43. The van der Waals surface area contributed by atoms with Gasteiger partial charge in [0.05, 0.1) is 22.4 Å². The Morgan fingerprint density at radius 2 is 0.500 bits per heavy atom. The van der Waals surface area contributed by atoms with E-state index in [1.807, 2.05) is 84.9 Å². The highest BCUT2D eigenvalue weighted by Gasteiger charge is 2.22. The van der Waals surface area contributed by atoms with Gasteiger partial charge in [-0.15, -0.1) is 20.4 Å². The molecular formula is C68H42N6O2. The smallest absolute Gasteiger partial charge is 0.248 e. The summed E-state index contributed by atoms with van der Waals surface area (Å²) in [4.78, 5) is 11.6. The van der Waals surface area contributed by atoms with Gasteiger partial charge in [0.2, 0.25) is 23.6 Å². The van der Waals surface area contributed by atoms with Crippen LogP contribution in [-0.4, -0.2) is 30.4 Å². The Morgan fingerprint density at radius 3 is 0.868 bits per heavy atom. The minimum Gasteiger partial charge on any atom is -0.416 e. The molecule has 0 radical (unpaired) electrons. The molecule has 0 N–H and O–H groups in total. The fraction of sp³-hybridized carbons (Fsp3) is 0. The van der Waals surface area contributed by atoms with Crippen LogP contribution in [0.4, 0.5) is 0 Å². The van der Waals surface area contributed by atoms with E-state index in [2.05, 4.69) is 190 Å². The second-order valence-electron chi connectivity index (χ2n) is 18.7. The molecule has 3 heterocycles. The van der Waals surface area contributed by atoms with E-state index in [0.29, 0.717) is 23.6 Å². The molecule has 0 spiro atoms. The number of nitrogens with zero attached hydrogens (tertiary/aromatic N) is 6. The molecule has 0 aliphatic carbocycles. The van der Waals surface area contributed by atoms with E-state index in [4.69, 9.17) is 18.8 Å². The third-order valence-corrected chi connectivity index (χ3v) is 14.1. The average Bonchev–Trinajstić information content (AvgIpc) is 4.22. The molecule has 8 heteroatoms. The molecule has 0 unspecified atom stereocenters. The second-order valence-corrected chi connectivity index (χ2v) is 18.7. The monoisotopic (exact) mass is 974 g/mol. The van der Waals surface area contributed by atoms with Crippen molar-refractivity contribution in [2.75, 3.05) is 0 Å². The molecule has 3 aromatic heterocycles. The van der Waals surface area contributed by atoms with Gasteiger partial charge in [-0.3, -0.25) is 0 Å². The van der Waals surface area contributed by atoms with Crippen molar-refractivity contribution in [2.24, 2.45) is 0 Å². The van der Waals surface area contributed by atoms with Crippen LogP contribution in [0.2, 0.25) is 0 Å². The largest absolute Gasteiger partial charge is 0.416 e. The van der Waals surface area contributed by atoms with Gasteiger partial charge >= 0.3 is 0 Å². The maximum atomic E-state index is 6.07. The quantitative estimate of drug-likeness (QED) is 0.133. The summed E-state index contributed by atoms with van der Waals surface area (Å²) in [5.41, 5.74) is 17.0. The van der Waals surface area contributed by atoms with Crippen molar-refractivity contribution < 1.29 is 8.83 Å². The lowest BCUT2D eigenvalue weighted by Gasteiger charge is -2.18. The van der Waals surface area contributed by atoms with Crippen LogP contribution in [0, 0.1) is 0 Å². The van der Waals surface area contributed by atoms with Gasteiger partial charge in [-0.05, 0) is 103 Å². The number of rotatable bonds is 10. The number of fused-ring (bicyclic) bond motifs is 3. The summed E-state index contributed by atoms with van der Waals surface area (Å²) in [5, 5.41) is 21.9. The number of hydrogen-bond donors (Lipinski definition) is 0. The Kier molecular flexibility index (Phi) is 11.0. The highest BCUT2D eigenvalue weighted by molar-refractivity contribution is 6.11. The third-order valence-electron chi connectivity index (χ3n) is 14.1. The van der Waals surface area contributed by atoms with Gasteiger partial charge < -0.3 is 8.83 Å². The first kappa shape index (κ1) is 44.3. The SMILES string of the molecule is c1ccc(-c2nnc(-c3ccc(-c4ccc(-c5nc6c(-c7cccc8ccccc78)ccc(-c7cccc8ccccc78)c6nc5-c5ccc(-c6ccc(-c7nnc(-c8ccccc8)o7)cc6)cc5)cc4)cc3)o2)cc1. The van der Waals surface area contributed by atoms with Crippen molar-refractivity contribution >= 4 is 32.6 Å². The lowest BCUT2D eigenvalue weighted by atomic mass is 9.91. The van der Waals surface area contributed by atoms with E-state index in [1.54, 1.807) is 0 Å². The molecule has 14 aromatic rings. The summed E-state index contributed by atoms with van der Waals surface area (Å²) in [6, 6.07) is 87.8. The Labute approximate surface area is 437 Å². The maximum Gasteiger partial charge on any atom is 0.248 e. The molecule has 0 fully saturated rings. The number of benzene rings is 11. The van der Waals surface area contributed by atoms with Gasteiger partial charge in [-0.25, -0.2) is 9.97 Å². The van der Waals surface area contributed by atoms with E-state index in [1.165, 1.54) is 0 Å². The molecule has 76 heavy (non-hydrogen) atoms. The molecule has 0 saturated heterocycles. The van der Waals surface area contributed by atoms with Crippen molar-refractivity contribution in [1.29, 1.82) is 0 Å². The molecule has 0 aliphatic rings. The summed E-state index contributed by atoms with van der Waals surface area (Å²) >= 11 is 0. The lowest BCUT2D eigenvalue weighted by molar-refractivity contribution is 0.584. The first-order valence-electron chi connectivity index (χ1n) is 25.2. The standard InChI is InChI=1S/C68H42N6O2/c1-3-15-51(16-4-1)65-71-73-67(75-65)53-37-29-45(30-38-53)43-25-33-49(34-26-43)61-62(50-35-27-44(28-36-50)46-31-39-54(40-32-46)68-74-72-66(76-68)52-17-5-2-6-18-52)70-64-60(58-24-12-20-48-14-8-10-22-56(48)58)42-41-59(63(64)69-61)57-23-11-19-47-13-7-9-21-55(47)57/h1-42H. The first-order chi connectivity index (χ1) is 37.6. The van der Waals surface area contributed by atoms with Crippen LogP contribution in [0.3, 0.4) is 0 Å². The van der Waals surface area contributed by atoms with Crippen molar-refractivity contribution in [3.8, 4) is 113 Å². The zero-order valence-electron chi connectivity index (χ0n) is 40.7. The Balaban J connectivity index is 0.885. The minimum atomic E-state index is 0.471. The molecule has 0 amide bonds. The van der Waals surface area contributed by atoms with Gasteiger partial charge in [0.1, 0.15) is 0 Å². The normalized spacial score (nSPS) is 11.4. The predicted molar refractivity (Wildman–Crippen MR) is 305 cm³/mol. The van der Waals surface area contributed by atoms with E-state index < -0.39 is 0 Å². The van der Waals surface area contributed by atoms with Crippen LogP contribution in [-0.2, 0) is 0 Å².